The number of carbonyl (C=O) groups excluding carboxylic acids is 2. The third-order valence-corrected chi connectivity index (χ3v) is 18.2. The Hall–Kier alpha value is -6.24. The lowest BCUT2D eigenvalue weighted by Crippen LogP contribution is -2.66. The number of fused-ring (bicyclic) bond motifs is 4. The predicted molar refractivity (Wildman–Crippen MR) is 266 cm³/mol. The summed E-state index contributed by atoms with van der Waals surface area (Å²) < 4.78 is 26.1. The molecule has 8 rings (SSSR count). The number of nitrogens with one attached hydrogen (secondary N) is 1. The average molecular weight is 963 g/mol. The second-order valence-electron chi connectivity index (χ2n) is 19.3. The molecule has 3 aromatic carbocycles. The Labute approximate surface area is 404 Å². The van der Waals surface area contributed by atoms with E-state index in [2.05, 4.69) is 63.6 Å². The van der Waals surface area contributed by atoms with E-state index in [1.165, 1.54) is 34.4 Å². The van der Waals surface area contributed by atoms with E-state index in [0.29, 0.717) is 13.2 Å². The van der Waals surface area contributed by atoms with E-state index < -0.39 is 43.8 Å². The second kappa shape index (κ2) is 21.2. The van der Waals surface area contributed by atoms with E-state index >= 15 is 0 Å². The van der Waals surface area contributed by atoms with E-state index in [1.807, 2.05) is 73.5 Å². The molecule has 5 aromatic rings. The minimum atomic E-state index is -2.05. The number of aliphatic hydroxyl groups is 1. The molecule has 4 atom stereocenters. The zero-order valence-electron chi connectivity index (χ0n) is 41.0. The molecule has 2 aromatic heterocycles. The molecule has 3 aliphatic rings. The van der Waals surface area contributed by atoms with Crippen molar-refractivity contribution in [2.45, 2.75) is 103 Å². The van der Waals surface area contributed by atoms with Crippen LogP contribution in [0.15, 0.2) is 113 Å². The molecule has 0 bridgehead atoms. The van der Waals surface area contributed by atoms with E-state index in [4.69, 9.17) is 18.6 Å². The largest absolute Gasteiger partial charge is 0.502 e. The monoisotopic (exact) mass is 962 g/mol. The lowest BCUT2D eigenvalue weighted by molar-refractivity contribution is 0.0146. The van der Waals surface area contributed by atoms with Crippen LogP contribution in [-0.2, 0) is 33.3 Å². The van der Waals surface area contributed by atoms with Gasteiger partial charge in [-0.2, -0.15) is 0 Å². The van der Waals surface area contributed by atoms with Crippen LogP contribution < -0.4 is 26.0 Å². The third kappa shape index (κ3) is 10.2. The highest BCUT2D eigenvalue weighted by Gasteiger charge is 2.46. The van der Waals surface area contributed by atoms with Gasteiger partial charge in [-0.15, -0.1) is 0 Å². The Morgan fingerprint density at radius 1 is 0.739 bits per heavy atom. The van der Waals surface area contributed by atoms with Crippen LogP contribution >= 0.6 is 0 Å². The minimum absolute atomic E-state index is 0.0298. The summed E-state index contributed by atoms with van der Waals surface area (Å²) >= 11 is 0. The molecular formula is C52H66N6O10Si. The summed E-state index contributed by atoms with van der Waals surface area (Å²) in [7, 11) is 1.10. The van der Waals surface area contributed by atoms with Gasteiger partial charge in [0.05, 0.1) is 44.6 Å². The Morgan fingerprint density at radius 3 is 1.87 bits per heavy atom. The van der Waals surface area contributed by atoms with Crippen molar-refractivity contribution >= 4 is 20.1 Å². The van der Waals surface area contributed by atoms with Crippen molar-refractivity contribution in [3.05, 3.63) is 163 Å². The van der Waals surface area contributed by atoms with Gasteiger partial charge < -0.3 is 44.1 Å². The van der Waals surface area contributed by atoms with Crippen molar-refractivity contribution in [3.8, 4) is 11.5 Å². The van der Waals surface area contributed by atoms with Crippen molar-refractivity contribution < 1.29 is 38.4 Å². The fraction of sp³-hybridized carbons (Fsp3) is 0.423. The van der Waals surface area contributed by atoms with Gasteiger partial charge in [-0.1, -0.05) is 99.6 Å². The van der Waals surface area contributed by atoms with Gasteiger partial charge in [0.25, 0.3) is 11.8 Å². The van der Waals surface area contributed by atoms with Gasteiger partial charge in [0.15, 0.2) is 31.2 Å². The first-order valence-electron chi connectivity index (χ1n) is 23.4. The van der Waals surface area contributed by atoms with Crippen LogP contribution in [0.2, 0.25) is 18.1 Å². The molecule has 16 nitrogen and oxygen atoms in total. The highest BCUT2D eigenvalue weighted by molar-refractivity contribution is 6.74. The average Bonchev–Trinajstić information content (AvgIpc) is 3.48. The number of ether oxygens (including phenoxy) is 3. The minimum Gasteiger partial charge on any atom is -0.502 e. The standard InChI is InChI=1S/C27H29N3O5.C25H37N3O5Si/c1-17(16-35-2)29-23(15-31)30(28-14-13-22(32)26(33)25(28)27(29)34)24-20-9-5-3-7-18(20)11-12-19-8-4-6-10-21(19)24;1-18(15-31-5)28-21(17-33-34(6,7)25(2,3)4)26-27-14-13-20(29)23(22(27)24(28)30)32-16-19-11-9-8-10-12-19/h3-10,13-14,17,23-24,31,33H,11-12,15-16H2,1-2H3;8-14,18,21,26H,15-17H2,1-7H3/t17-,23+;18-,21?/m00/s1. The smallest absolute Gasteiger partial charge is 0.278 e. The summed E-state index contributed by atoms with van der Waals surface area (Å²) in [6, 6.07) is 27.5. The number of methoxy groups -OCH3 is 2. The fourth-order valence-electron chi connectivity index (χ4n) is 9.13. The van der Waals surface area contributed by atoms with Crippen LogP contribution in [0.4, 0.5) is 0 Å². The maximum atomic E-state index is 13.8. The van der Waals surface area contributed by atoms with Gasteiger partial charge in [-0.3, -0.25) is 33.5 Å². The number of benzene rings is 3. The molecule has 3 N–H and O–H groups in total. The molecule has 1 aliphatic carbocycles. The SMILES string of the molecule is COC[C@H](C)N1C(=O)c2c(O)c(=O)ccn2N(C2c3ccccc3CCc3ccccc32)[C@@H]1CO.COC[C@H](C)N1C(=O)c2c(OCc3ccccc3)c(=O)ccn2NC1CO[Si](C)(C)C(C)(C)C. The van der Waals surface area contributed by atoms with Crippen molar-refractivity contribution in [2.75, 3.05) is 51.1 Å². The van der Waals surface area contributed by atoms with Crippen LogP contribution in [-0.4, -0.2) is 115 Å². The summed E-state index contributed by atoms with van der Waals surface area (Å²) in [6.07, 6.45) is 3.59. The molecule has 1 unspecified atom stereocenters. The summed E-state index contributed by atoms with van der Waals surface area (Å²) in [5.41, 5.74) is 7.79. The van der Waals surface area contributed by atoms with Crippen molar-refractivity contribution in [1.29, 1.82) is 0 Å². The highest BCUT2D eigenvalue weighted by Crippen LogP contribution is 2.41. The van der Waals surface area contributed by atoms with E-state index in [1.54, 1.807) is 34.7 Å². The number of hydrogen-bond donors (Lipinski definition) is 3. The number of nitrogens with zero attached hydrogens (tertiary/aromatic N) is 5. The van der Waals surface area contributed by atoms with E-state index in [9.17, 15) is 29.4 Å². The topological polar surface area (TPSA) is 177 Å². The van der Waals surface area contributed by atoms with Gasteiger partial charge in [-0.25, -0.2) is 0 Å². The fourth-order valence-corrected chi connectivity index (χ4v) is 10.1. The molecule has 17 heteroatoms. The first-order valence-corrected chi connectivity index (χ1v) is 26.3. The quantitative estimate of drug-likeness (QED) is 0.111. The summed E-state index contributed by atoms with van der Waals surface area (Å²) in [4.78, 5) is 55.8. The maximum absolute atomic E-state index is 13.8. The van der Waals surface area contributed by atoms with Gasteiger partial charge in [0, 0.05) is 38.7 Å². The van der Waals surface area contributed by atoms with Gasteiger partial charge in [0.1, 0.15) is 18.9 Å². The number of aromatic nitrogens is 2. The number of carbonyl (C=O) groups is 2. The molecule has 2 aliphatic heterocycles. The van der Waals surface area contributed by atoms with Gasteiger partial charge in [0.2, 0.25) is 10.9 Å². The number of pyridine rings is 2. The van der Waals surface area contributed by atoms with Crippen LogP contribution in [0.25, 0.3) is 0 Å². The lowest BCUT2D eigenvalue weighted by Gasteiger charge is -2.51. The first-order chi connectivity index (χ1) is 32.9. The van der Waals surface area contributed by atoms with E-state index in [0.717, 1.165) is 29.5 Å². The molecule has 2 amide bonds. The second-order valence-corrected chi connectivity index (χ2v) is 24.1. The third-order valence-electron chi connectivity index (χ3n) is 13.7. The van der Waals surface area contributed by atoms with Crippen LogP contribution in [0.1, 0.15) is 89.5 Å². The molecule has 0 spiro atoms. The van der Waals surface area contributed by atoms with Crippen molar-refractivity contribution in [2.24, 2.45) is 0 Å². The number of amides is 2. The highest BCUT2D eigenvalue weighted by atomic mass is 28.4. The molecule has 0 saturated carbocycles. The number of aliphatic hydroxyl groups excluding tert-OH is 1. The normalized spacial score (nSPS) is 17.9. The molecule has 4 heterocycles. The Bertz CT molecular complexity index is 2690. The zero-order chi connectivity index (χ0) is 49.8. The summed E-state index contributed by atoms with van der Waals surface area (Å²) in [5, 5.41) is 23.4. The number of rotatable bonds is 14. The van der Waals surface area contributed by atoms with Gasteiger partial charge in [-0.05, 0) is 72.6 Å². The predicted octanol–water partition coefficient (Wildman–Crippen LogP) is 6.00. The Morgan fingerprint density at radius 2 is 1.29 bits per heavy atom. The molecule has 0 radical (unpaired) electrons. The summed E-state index contributed by atoms with van der Waals surface area (Å²) in [6.45, 7) is 15.4. The van der Waals surface area contributed by atoms with Crippen LogP contribution in [0, 0.1) is 0 Å². The molecule has 368 valence electrons. The number of hydrogen-bond acceptors (Lipinski definition) is 12. The summed E-state index contributed by atoms with van der Waals surface area (Å²) in [5.74, 6) is -1.41. The Kier molecular flexibility index (Phi) is 15.5. The van der Waals surface area contributed by atoms with Crippen LogP contribution in [0.3, 0.4) is 0 Å². The molecule has 69 heavy (non-hydrogen) atoms. The van der Waals surface area contributed by atoms with E-state index in [-0.39, 0.29) is 65.4 Å². The lowest BCUT2D eigenvalue weighted by atomic mass is 9.93. The molecule has 0 fully saturated rings. The maximum Gasteiger partial charge on any atom is 0.278 e. The van der Waals surface area contributed by atoms with Gasteiger partial charge >= 0.3 is 0 Å². The van der Waals surface area contributed by atoms with Crippen LogP contribution in [0.5, 0.6) is 11.5 Å². The number of aromatic hydroxyl groups is 1. The zero-order valence-corrected chi connectivity index (χ0v) is 42.0. The molecular weight excluding hydrogens is 897 g/mol. The number of aryl methyl sites for hydroxylation is 2. The molecule has 0 saturated heterocycles. The first kappa shape index (κ1) is 50.6. The van der Waals surface area contributed by atoms with Crippen molar-refractivity contribution in [1.82, 2.24) is 19.2 Å². The van der Waals surface area contributed by atoms with Crippen molar-refractivity contribution in [3.63, 3.8) is 0 Å². The Balaban J connectivity index is 0.000000204.